The zero-order chi connectivity index (χ0) is 11.5. The lowest BCUT2D eigenvalue weighted by Gasteiger charge is -2.08. The lowest BCUT2D eigenvalue weighted by Crippen LogP contribution is -1.94. The number of hydrogen-bond donors (Lipinski definition) is 2. The van der Waals surface area contributed by atoms with Gasteiger partial charge in [0.05, 0.1) is 5.69 Å². The van der Waals surface area contributed by atoms with Crippen LogP contribution in [0.5, 0.6) is 11.5 Å². The van der Waals surface area contributed by atoms with E-state index in [0.29, 0.717) is 22.9 Å². The second-order valence-corrected chi connectivity index (χ2v) is 3.36. The van der Waals surface area contributed by atoms with Crippen molar-refractivity contribution in [1.82, 2.24) is 0 Å². The normalized spacial score (nSPS) is 10.1. The molecule has 0 radical (unpaired) electrons. The third kappa shape index (κ3) is 2.23. The molecular weight excluding hydrogens is 207 g/mol. The van der Waals surface area contributed by atoms with Crippen molar-refractivity contribution in [1.29, 1.82) is 0 Å². The zero-order valence-electron chi connectivity index (χ0n) is 8.48. The fourth-order valence-corrected chi connectivity index (χ4v) is 1.30. The summed E-state index contributed by atoms with van der Waals surface area (Å²) in [6, 6.07) is 10.7. The molecule has 0 saturated carbocycles. The van der Waals surface area contributed by atoms with Gasteiger partial charge in [0.25, 0.3) is 0 Å². The quantitative estimate of drug-likeness (QED) is 0.762. The first kappa shape index (κ1) is 10.3. The molecule has 82 valence electrons. The number of nitrogen functional groups attached to an aromatic ring is 2. The van der Waals surface area contributed by atoms with Gasteiger partial charge in [-0.25, -0.2) is 4.39 Å². The van der Waals surface area contributed by atoms with Crippen LogP contribution >= 0.6 is 0 Å². The molecule has 0 aliphatic rings. The predicted octanol–water partition coefficient (Wildman–Crippen LogP) is 2.78. The van der Waals surface area contributed by atoms with Gasteiger partial charge in [0.2, 0.25) is 0 Å². The number of halogens is 1. The first-order valence-corrected chi connectivity index (χ1v) is 4.73. The van der Waals surface area contributed by atoms with Crippen LogP contribution in [-0.4, -0.2) is 0 Å². The van der Waals surface area contributed by atoms with Gasteiger partial charge in [-0.3, -0.25) is 0 Å². The summed E-state index contributed by atoms with van der Waals surface area (Å²) in [5, 5.41) is 0. The average molecular weight is 218 g/mol. The largest absolute Gasteiger partial charge is 0.455 e. The van der Waals surface area contributed by atoms with Crippen molar-refractivity contribution < 1.29 is 9.13 Å². The molecule has 0 bridgehead atoms. The second-order valence-electron chi connectivity index (χ2n) is 3.36. The highest BCUT2D eigenvalue weighted by Crippen LogP contribution is 2.29. The van der Waals surface area contributed by atoms with Crippen molar-refractivity contribution in [2.45, 2.75) is 0 Å². The SMILES string of the molecule is Nc1ccc(N)c(Oc2cccc(F)c2)c1. The maximum Gasteiger partial charge on any atom is 0.152 e. The molecule has 4 heteroatoms. The number of nitrogens with two attached hydrogens (primary N) is 2. The molecule has 2 rings (SSSR count). The van der Waals surface area contributed by atoms with Crippen LogP contribution in [0.1, 0.15) is 0 Å². The molecule has 0 aliphatic carbocycles. The Balaban J connectivity index is 2.30. The van der Waals surface area contributed by atoms with E-state index in [0.717, 1.165) is 0 Å². The van der Waals surface area contributed by atoms with E-state index in [9.17, 15) is 4.39 Å². The van der Waals surface area contributed by atoms with Crippen LogP contribution in [0.3, 0.4) is 0 Å². The molecule has 16 heavy (non-hydrogen) atoms. The van der Waals surface area contributed by atoms with Crippen LogP contribution in [-0.2, 0) is 0 Å². The fourth-order valence-electron chi connectivity index (χ4n) is 1.30. The molecule has 3 nitrogen and oxygen atoms in total. The van der Waals surface area contributed by atoms with Crippen molar-refractivity contribution in [2.75, 3.05) is 11.5 Å². The molecule has 2 aromatic rings. The lowest BCUT2D eigenvalue weighted by atomic mass is 10.2. The molecule has 0 unspecified atom stereocenters. The van der Waals surface area contributed by atoms with E-state index in [1.54, 1.807) is 30.3 Å². The van der Waals surface area contributed by atoms with Crippen LogP contribution in [0, 0.1) is 5.82 Å². The third-order valence-corrected chi connectivity index (χ3v) is 2.06. The molecule has 4 N–H and O–H groups in total. The average Bonchev–Trinajstić information content (AvgIpc) is 2.24. The highest BCUT2D eigenvalue weighted by Gasteiger charge is 2.03. The van der Waals surface area contributed by atoms with Crippen molar-refractivity contribution >= 4 is 11.4 Å². The topological polar surface area (TPSA) is 61.3 Å². The minimum absolute atomic E-state index is 0.361. The van der Waals surface area contributed by atoms with Crippen molar-refractivity contribution in [3.05, 3.63) is 48.3 Å². The molecule has 2 aromatic carbocycles. The summed E-state index contributed by atoms with van der Waals surface area (Å²) in [5.41, 5.74) is 12.3. The van der Waals surface area contributed by atoms with E-state index < -0.39 is 0 Å². The van der Waals surface area contributed by atoms with E-state index in [4.69, 9.17) is 16.2 Å². The molecule has 0 spiro atoms. The maximum absolute atomic E-state index is 12.9. The molecule has 0 aromatic heterocycles. The molecular formula is C12H11FN2O. The summed E-state index contributed by atoms with van der Waals surface area (Å²) in [7, 11) is 0. The van der Waals surface area contributed by atoms with Crippen LogP contribution in [0.4, 0.5) is 15.8 Å². The molecule has 0 heterocycles. The molecule has 0 aliphatic heterocycles. The zero-order valence-corrected chi connectivity index (χ0v) is 8.48. The Hall–Kier alpha value is -2.23. The van der Waals surface area contributed by atoms with Crippen molar-refractivity contribution in [3.63, 3.8) is 0 Å². The molecule has 0 saturated heterocycles. The Morgan fingerprint density at radius 1 is 1.00 bits per heavy atom. The van der Waals surface area contributed by atoms with Gasteiger partial charge in [-0.1, -0.05) is 6.07 Å². The van der Waals surface area contributed by atoms with Gasteiger partial charge in [-0.05, 0) is 24.3 Å². The summed E-state index contributed by atoms with van der Waals surface area (Å²) in [6.07, 6.45) is 0. The Kier molecular flexibility index (Phi) is 2.64. The Morgan fingerprint density at radius 3 is 2.56 bits per heavy atom. The van der Waals surface area contributed by atoms with Crippen LogP contribution in [0.2, 0.25) is 0 Å². The van der Waals surface area contributed by atoms with E-state index in [1.807, 2.05) is 0 Å². The summed E-state index contributed by atoms with van der Waals surface area (Å²) in [4.78, 5) is 0. The molecule has 0 atom stereocenters. The Labute approximate surface area is 92.4 Å². The first-order chi connectivity index (χ1) is 7.65. The minimum Gasteiger partial charge on any atom is -0.455 e. The minimum atomic E-state index is -0.361. The highest BCUT2D eigenvalue weighted by atomic mass is 19.1. The predicted molar refractivity (Wildman–Crippen MR) is 61.7 cm³/mol. The fraction of sp³-hybridized carbons (Fsp3) is 0. The molecule has 0 amide bonds. The summed E-state index contributed by atoms with van der Waals surface area (Å²) < 4.78 is 18.3. The number of ether oxygens (including phenoxy) is 1. The number of benzene rings is 2. The standard InChI is InChI=1S/C12H11FN2O/c13-8-2-1-3-10(6-8)16-12-7-9(14)4-5-11(12)15/h1-7H,14-15H2. The van der Waals surface area contributed by atoms with Crippen molar-refractivity contribution in [2.24, 2.45) is 0 Å². The first-order valence-electron chi connectivity index (χ1n) is 4.73. The maximum atomic E-state index is 12.9. The second kappa shape index (κ2) is 4.10. The van der Waals surface area contributed by atoms with E-state index >= 15 is 0 Å². The number of anilines is 2. The van der Waals surface area contributed by atoms with Crippen LogP contribution in [0.25, 0.3) is 0 Å². The smallest absolute Gasteiger partial charge is 0.152 e. The highest BCUT2D eigenvalue weighted by molar-refractivity contribution is 5.60. The van der Waals surface area contributed by atoms with Gasteiger partial charge in [0, 0.05) is 17.8 Å². The van der Waals surface area contributed by atoms with Gasteiger partial charge >= 0.3 is 0 Å². The van der Waals surface area contributed by atoms with E-state index in [-0.39, 0.29) is 5.82 Å². The Bertz CT molecular complexity index is 514. The summed E-state index contributed by atoms with van der Waals surface area (Å²) >= 11 is 0. The summed E-state index contributed by atoms with van der Waals surface area (Å²) in [5.74, 6) is 0.447. The van der Waals surface area contributed by atoms with E-state index in [2.05, 4.69) is 0 Å². The van der Waals surface area contributed by atoms with Crippen LogP contribution < -0.4 is 16.2 Å². The number of hydrogen-bond acceptors (Lipinski definition) is 3. The van der Waals surface area contributed by atoms with Gasteiger partial charge in [0.1, 0.15) is 11.6 Å². The van der Waals surface area contributed by atoms with E-state index in [1.165, 1.54) is 12.1 Å². The lowest BCUT2D eigenvalue weighted by molar-refractivity contribution is 0.479. The third-order valence-electron chi connectivity index (χ3n) is 2.06. The van der Waals surface area contributed by atoms with Gasteiger partial charge < -0.3 is 16.2 Å². The van der Waals surface area contributed by atoms with Gasteiger partial charge in [-0.2, -0.15) is 0 Å². The monoisotopic (exact) mass is 218 g/mol. The van der Waals surface area contributed by atoms with Crippen molar-refractivity contribution in [3.8, 4) is 11.5 Å². The summed E-state index contributed by atoms with van der Waals surface area (Å²) in [6.45, 7) is 0. The molecule has 0 fully saturated rings. The van der Waals surface area contributed by atoms with Gasteiger partial charge in [0.15, 0.2) is 5.75 Å². The number of rotatable bonds is 2. The Morgan fingerprint density at radius 2 is 1.81 bits per heavy atom. The van der Waals surface area contributed by atoms with Gasteiger partial charge in [-0.15, -0.1) is 0 Å². The van der Waals surface area contributed by atoms with Crippen LogP contribution in [0.15, 0.2) is 42.5 Å².